The molecule has 0 saturated heterocycles. The maximum atomic E-state index is 12.8. The van der Waals surface area contributed by atoms with Crippen LogP contribution in [0.15, 0.2) is 72.9 Å². The molecule has 3 aromatic carbocycles. The van der Waals surface area contributed by atoms with Gasteiger partial charge in [0.25, 0.3) is 0 Å². The van der Waals surface area contributed by atoms with E-state index in [1.54, 1.807) is 6.07 Å². The average Bonchev–Trinajstić information content (AvgIpc) is 3.25. The van der Waals surface area contributed by atoms with Gasteiger partial charge in [0.15, 0.2) is 0 Å². The summed E-state index contributed by atoms with van der Waals surface area (Å²) in [7, 11) is 0. The number of aromatic amines is 1. The third kappa shape index (κ3) is 7.22. The van der Waals surface area contributed by atoms with Crippen LogP contribution in [-0.2, 0) is 22.4 Å². The molecule has 0 amide bonds. The second-order valence-electron chi connectivity index (χ2n) is 8.34. The largest absolute Gasteiger partial charge is 0.490 e. The average molecular weight is 526 g/mol. The van der Waals surface area contributed by atoms with Crippen molar-refractivity contribution in [1.29, 1.82) is 5.41 Å². The number of H-pyrrole nitrogens is 1. The fourth-order valence-electron chi connectivity index (χ4n) is 3.87. The van der Waals surface area contributed by atoms with Gasteiger partial charge in [-0.25, -0.2) is 9.59 Å². The Balaban J connectivity index is 0.000000505. The second-order valence-corrected chi connectivity index (χ2v) is 8.34. The van der Waals surface area contributed by atoms with Crippen LogP contribution in [-0.4, -0.2) is 40.6 Å². The Kier molecular flexibility index (Phi) is 8.90. The third-order valence-corrected chi connectivity index (χ3v) is 5.59. The van der Waals surface area contributed by atoms with Crippen molar-refractivity contribution in [3.8, 4) is 0 Å². The molecule has 0 bridgehead atoms. The first-order valence-corrected chi connectivity index (χ1v) is 11.6. The van der Waals surface area contributed by atoms with Gasteiger partial charge in [0.2, 0.25) is 0 Å². The monoisotopic (exact) mass is 525 g/mol. The molecule has 10 heteroatoms. The van der Waals surface area contributed by atoms with Gasteiger partial charge in [-0.3, -0.25) is 5.41 Å². The van der Waals surface area contributed by atoms with Crippen LogP contribution >= 0.6 is 0 Å². The van der Waals surface area contributed by atoms with E-state index in [9.17, 15) is 18.0 Å². The third-order valence-electron chi connectivity index (χ3n) is 5.59. The fraction of sp³-hybridized carbons (Fsp3) is 0.179. The molecular weight excluding hydrogens is 499 g/mol. The number of halogens is 3. The number of fused-ring (bicyclic) bond motifs is 1. The minimum atomic E-state index is -5.08. The van der Waals surface area contributed by atoms with E-state index < -0.39 is 12.1 Å². The highest BCUT2D eigenvalue weighted by atomic mass is 19.4. The molecule has 1 aromatic heterocycles. The number of carbonyl (C=O) groups excluding carboxylic acids is 1. The van der Waals surface area contributed by atoms with Crippen molar-refractivity contribution in [3.63, 3.8) is 0 Å². The van der Waals surface area contributed by atoms with Crippen molar-refractivity contribution in [2.75, 3.05) is 6.61 Å². The molecule has 0 unspecified atom stereocenters. The summed E-state index contributed by atoms with van der Waals surface area (Å²) < 4.78 is 37.1. The Morgan fingerprint density at radius 2 is 1.63 bits per heavy atom. The normalized spacial score (nSPS) is 10.9. The van der Waals surface area contributed by atoms with Gasteiger partial charge in [-0.15, -0.1) is 0 Å². The summed E-state index contributed by atoms with van der Waals surface area (Å²) >= 11 is 0. The number of nitrogen functional groups attached to an aromatic ring is 1. The quantitative estimate of drug-likeness (QED) is 0.145. The number of nitrogens with two attached hydrogens (primary N) is 1. The van der Waals surface area contributed by atoms with Gasteiger partial charge < -0.3 is 20.6 Å². The molecule has 0 spiro atoms. The van der Waals surface area contributed by atoms with Crippen molar-refractivity contribution >= 4 is 28.5 Å². The lowest BCUT2D eigenvalue weighted by Gasteiger charge is -2.09. The number of benzene rings is 3. The highest BCUT2D eigenvalue weighted by Gasteiger charge is 2.38. The molecule has 4 aromatic rings. The van der Waals surface area contributed by atoms with Crippen LogP contribution in [0.3, 0.4) is 0 Å². The second kappa shape index (κ2) is 12.1. The number of hydrogen-bond donors (Lipinski definition) is 4. The Morgan fingerprint density at radius 3 is 2.26 bits per heavy atom. The zero-order chi connectivity index (χ0) is 27.9. The van der Waals surface area contributed by atoms with Gasteiger partial charge in [0, 0.05) is 23.9 Å². The van der Waals surface area contributed by atoms with Crippen molar-refractivity contribution < 1.29 is 32.6 Å². The van der Waals surface area contributed by atoms with Crippen LogP contribution in [0, 0.1) is 5.41 Å². The molecular formula is C28H26F3N3O4. The van der Waals surface area contributed by atoms with E-state index in [1.165, 1.54) is 10.8 Å². The molecule has 0 fully saturated rings. The van der Waals surface area contributed by atoms with Crippen LogP contribution in [0.4, 0.5) is 13.2 Å². The molecule has 1 heterocycles. The molecule has 5 N–H and O–H groups in total. The molecule has 198 valence electrons. The number of aliphatic carboxylic acids is 1. The number of carbonyl (C=O) groups is 2. The van der Waals surface area contributed by atoms with Gasteiger partial charge in [-0.05, 0) is 46.9 Å². The molecule has 0 radical (unpaired) electrons. The SMILES string of the molecule is CCOC(=O)c1c(Cc2cccc(C(=N)N)c2)c[nH]c1Cc1ccc2ccccc2c1.O=C(O)C(F)(F)F. The molecule has 0 aliphatic carbocycles. The van der Waals surface area contributed by atoms with Crippen molar-refractivity contribution in [2.24, 2.45) is 5.73 Å². The lowest BCUT2D eigenvalue weighted by atomic mass is 9.98. The van der Waals surface area contributed by atoms with E-state index in [2.05, 4.69) is 35.3 Å². The highest BCUT2D eigenvalue weighted by Crippen LogP contribution is 2.24. The van der Waals surface area contributed by atoms with Gasteiger partial charge in [-0.2, -0.15) is 13.2 Å². The van der Waals surface area contributed by atoms with Gasteiger partial charge in [0.1, 0.15) is 5.84 Å². The van der Waals surface area contributed by atoms with E-state index in [1.807, 2.05) is 43.5 Å². The van der Waals surface area contributed by atoms with Crippen LogP contribution in [0.5, 0.6) is 0 Å². The summed E-state index contributed by atoms with van der Waals surface area (Å²) in [6.45, 7) is 2.13. The molecule has 7 nitrogen and oxygen atoms in total. The molecule has 38 heavy (non-hydrogen) atoms. The molecule has 0 saturated carbocycles. The Bertz CT molecular complexity index is 1460. The van der Waals surface area contributed by atoms with E-state index in [0.717, 1.165) is 22.4 Å². The Labute approximate surface area is 216 Å². The number of nitrogens with one attached hydrogen (secondary N) is 2. The van der Waals surface area contributed by atoms with Gasteiger partial charge in [0.05, 0.1) is 12.2 Å². The van der Waals surface area contributed by atoms with Crippen molar-refractivity contribution in [3.05, 3.63) is 106 Å². The Hall–Kier alpha value is -4.60. The van der Waals surface area contributed by atoms with Crippen molar-refractivity contribution in [1.82, 2.24) is 4.98 Å². The van der Waals surface area contributed by atoms with Crippen molar-refractivity contribution in [2.45, 2.75) is 25.9 Å². The number of esters is 1. The zero-order valence-electron chi connectivity index (χ0n) is 20.4. The molecule has 0 aliphatic rings. The lowest BCUT2D eigenvalue weighted by molar-refractivity contribution is -0.192. The maximum absolute atomic E-state index is 12.8. The van der Waals surface area contributed by atoms with Crippen LogP contribution < -0.4 is 5.73 Å². The van der Waals surface area contributed by atoms with E-state index >= 15 is 0 Å². The first-order valence-electron chi connectivity index (χ1n) is 11.6. The summed E-state index contributed by atoms with van der Waals surface area (Å²) in [5.74, 6) is -3.05. The summed E-state index contributed by atoms with van der Waals surface area (Å²) in [6.07, 6.45) is -2.06. The van der Waals surface area contributed by atoms with Gasteiger partial charge >= 0.3 is 18.1 Å². The smallest absolute Gasteiger partial charge is 0.475 e. The Morgan fingerprint density at radius 1 is 0.974 bits per heavy atom. The number of amidine groups is 1. The lowest BCUT2D eigenvalue weighted by Crippen LogP contribution is -2.21. The van der Waals surface area contributed by atoms with E-state index in [-0.39, 0.29) is 11.8 Å². The predicted octanol–water partition coefficient (Wildman–Crippen LogP) is 5.44. The van der Waals surface area contributed by atoms with Gasteiger partial charge in [-0.1, -0.05) is 60.7 Å². The highest BCUT2D eigenvalue weighted by molar-refractivity contribution is 5.95. The number of ether oxygens (including phenoxy) is 1. The van der Waals surface area contributed by atoms with Crippen LogP contribution in [0.25, 0.3) is 10.8 Å². The molecule has 4 rings (SSSR count). The molecule has 0 atom stereocenters. The number of rotatable bonds is 7. The minimum absolute atomic E-state index is 0.0264. The summed E-state index contributed by atoms with van der Waals surface area (Å²) in [4.78, 5) is 25.0. The molecule has 0 aliphatic heterocycles. The number of aromatic nitrogens is 1. The predicted molar refractivity (Wildman–Crippen MR) is 137 cm³/mol. The van der Waals surface area contributed by atoms with E-state index in [4.69, 9.17) is 25.8 Å². The standard InChI is InChI=1S/C26H25N3O2.C2HF3O2/c1-2-31-26(30)24-22(14-17-6-5-9-21(13-17)25(27)28)16-29-23(24)15-18-10-11-19-7-3-4-8-20(19)12-18;3-2(4,5)1(6)7/h3-13,16,29H,2,14-15H2,1H3,(H3,27,28);(H,6,7). The van der Waals surface area contributed by atoms with Crippen LogP contribution in [0.1, 0.15) is 45.2 Å². The summed E-state index contributed by atoms with van der Waals surface area (Å²) in [5, 5.41) is 17.1. The zero-order valence-corrected chi connectivity index (χ0v) is 20.4. The first kappa shape index (κ1) is 28.0. The number of carboxylic acid groups (broad SMARTS) is 1. The maximum Gasteiger partial charge on any atom is 0.490 e. The van der Waals surface area contributed by atoms with Crippen LogP contribution in [0.2, 0.25) is 0 Å². The van der Waals surface area contributed by atoms with E-state index in [0.29, 0.717) is 30.6 Å². The summed E-state index contributed by atoms with van der Waals surface area (Å²) in [5.41, 5.74) is 10.7. The summed E-state index contributed by atoms with van der Waals surface area (Å²) in [6, 6.07) is 22.1. The number of carboxylic acids is 1. The first-order chi connectivity index (χ1) is 18.0. The topological polar surface area (TPSA) is 129 Å². The number of hydrogen-bond acceptors (Lipinski definition) is 4. The minimum Gasteiger partial charge on any atom is -0.475 e. The fourth-order valence-corrected chi connectivity index (χ4v) is 3.87. The number of alkyl halides is 3.